The Hall–Kier alpha value is -1.74. The van der Waals surface area contributed by atoms with E-state index in [0.29, 0.717) is 5.56 Å². The fourth-order valence-corrected chi connectivity index (χ4v) is 2.20. The summed E-state index contributed by atoms with van der Waals surface area (Å²) in [6.45, 7) is 2.73. The molecule has 0 saturated carbocycles. The summed E-state index contributed by atoms with van der Waals surface area (Å²) in [5, 5.41) is 3.29. The summed E-state index contributed by atoms with van der Waals surface area (Å²) in [6, 6.07) is 13.8. The van der Waals surface area contributed by atoms with Crippen LogP contribution < -0.4 is 5.32 Å². The van der Waals surface area contributed by atoms with Gasteiger partial charge in [0.2, 0.25) is 0 Å². The maximum absolute atomic E-state index is 13.1. The predicted octanol–water partition coefficient (Wildman–Crippen LogP) is 4.25. The normalized spacial score (nSPS) is 12.3. The maximum Gasteiger partial charge on any atom is 0.126 e. The van der Waals surface area contributed by atoms with E-state index in [-0.39, 0.29) is 6.04 Å². The molecule has 0 fully saturated rings. The summed E-state index contributed by atoms with van der Waals surface area (Å²) in [6.07, 6.45) is 1.99. The first kappa shape index (κ1) is 14.7. The lowest BCUT2D eigenvalue weighted by molar-refractivity contribution is 0.538. The minimum atomic E-state index is -0.530. The van der Waals surface area contributed by atoms with Gasteiger partial charge < -0.3 is 5.32 Å². The Kier molecular flexibility index (Phi) is 5.24. The second-order valence-corrected chi connectivity index (χ2v) is 4.97. The molecule has 1 N–H and O–H groups in total. The van der Waals surface area contributed by atoms with Gasteiger partial charge in [-0.2, -0.15) is 0 Å². The van der Waals surface area contributed by atoms with Crippen LogP contribution in [0.2, 0.25) is 0 Å². The molecule has 0 aromatic heterocycles. The second-order valence-electron chi connectivity index (χ2n) is 4.97. The largest absolute Gasteiger partial charge is 0.310 e. The molecule has 0 amide bonds. The molecule has 0 aliphatic rings. The highest BCUT2D eigenvalue weighted by Gasteiger charge is 2.07. The first-order chi connectivity index (χ1) is 9.65. The minimum Gasteiger partial charge on any atom is -0.310 e. The van der Waals surface area contributed by atoms with Crippen LogP contribution in [-0.2, 0) is 6.42 Å². The maximum atomic E-state index is 13.1. The molecule has 0 bridgehead atoms. The quantitative estimate of drug-likeness (QED) is 0.777. The first-order valence-corrected chi connectivity index (χ1v) is 6.88. The number of rotatable bonds is 6. The van der Waals surface area contributed by atoms with E-state index in [9.17, 15) is 8.78 Å². The lowest BCUT2D eigenvalue weighted by Gasteiger charge is -2.14. The molecule has 0 saturated heterocycles. The standard InChI is InChI=1S/C17H19F2N/c1-13(15-10-16(18)12-17(19)11-15)20-9-5-8-14-6-3-2-4-7-14/h2-4,6-7,10-13,20H,5,8-9H2,1H3. The predicted molar refractivity (Wildman–Crippen MR) is 77.5 cm³/mol. The van der Waals surface area contributed by atoms with Crippen LogP contribution in [0.25, 0.3) is 0 Å². The van der Waals surface area contributed by atoms with Gasteiger partial charge in [0.1, 0.15) is 11.6 Å². The van der Waals surface area contributed by atoms with Gasteiger partial charge in [0.15, 0.2) is 0 Å². The average Bonchev–Trinajstić information content (AvgIpc) is 2.43. The van der Waals surface area contributed by atoms with Crippen molar-refractivity contribution in [1.29, 1.82) is 0 Å². The third-order valence-corrected chi connectivity index (χ3v) is 3.32. The fraction of sp³-hybridized carbons (Fsp3) is 0.294. The number of benzene rings is 2. The van der Waals surface area contributed by atoms with Crippen molar-refractivity contribution in [3.05, 3.63) is 71.3 Å². The highest BCUT2D eigenvalue weighted by atomic mass is 19.1. The van der Waals surface area contributed by atoms with Gasteiger partial charge in [-0.3, -0.25) is 0 Å². The lowest BCUT2D eigenvalue weighted by atomic mass is 10.1. The van der Waals surface area contributed by atoms with Crippen molar-refractivity contribution >= 4 is 0 Å². The summed E-state index contributed by atoms with van der Waals surface area (Å²) in [5.74, 6) is -1.06. The number of hydrogen-bond acceptors (Lipinski definition) is 1. The summed E-state index contributed by atoms with van der Waals surface area (Å²) >= 11 is 0. The Morgan fingerprint density at radius 1 is 1.00 bits per heavy atom. The minimum absolute atomic E-state index is 0.0593. The van der Waals surface area contributed by atoms with Crippen LogP contribution in [0.3, 0.4) is 0 Å². The molecule has 0 heterocycles. The van der Waals surface area contributed by atoms with Crippen molar-refractivity contribution in [3.8, 4) is 0 Å². The van der Waals surface area contributed by atoms with Gasteiger partial charge >= 0.3 is 0 Å². The Labute approximate surface area is 118 Å². The molecule has 20 heavy (non-hydrogen) atoms. The van der Waals surface area contributed by atoms with Gasteiger partial charge in [-0.15, -0.1) is 0 Å². The molecule has 1 atom stereocenters. The molecule has 1 unspecified atom stereocenters. The van der Waals surface area contributed by atoms with Crippen molar-refractivity contribution in [1.82, 2.24) is 5.32 Å². The molecule has 2 aromatic rings. The molecule has 2 rings (SSSR count). The zero-order valence-electron chi connectivity index (χ0n) is 11.6. The second kappa shape index (κ2) is 7.15. The number of aryl methyl sites for hydroxylation is 1. The van der Waals surface area contributed by atoms with Crippen LogP contribution in [0.5, 0.6) is 0 Å². The smallest absolute Gasteiger partial charge is 0.126 e. The van der Waals surface area contributed by atoms with E-state index >= 15 is 0 Å². The van der Waals surface area contributed by atoms with Gasteiger partial charge in [0, 0.05) is 12.1 Å². The monoisotopic (exact) mass is 275 g/mol. The Balaban J connectivity index is 1.79. The fourth-order valence-electron chi connectivity index (χ4n) is 2.20. The van der Waals surface area contributed by atoms with Crippen LogP contribution in [0, 0.1) is 11.6 Å². The molecular weight excluding hydrogens is 256 g/mol. The van der Waals surface area contributed by atoms with Gasteiger partial charge in [0.05, 0.1) is 0 Å². The highest BCUT2D eigenvalue weighted by Crippen LogP contribution is 2.15. The third-order valence-electron chi connectivity index (χ3n) is 3.32. The van der Waals surface area contributed by atoms with E-state index in [4.69, 9.17) is 0 Å². The van der Waals surface area contributed by atoms with E-state index in [1.807, 2.05) is 25.1 Å². The van der Waals surface area contributed by atoms with Crippen LogP contribution in [0.4, 0.5) is 8.78 Å². The van der Waals surface area contributed by atoms with E-state index in [1.165, 1.54) is 17.7 Å². The lowest BCUT2D eigenvalue weighted by Crippen LogP contribution is -2.20. The highest BCUT2D eigenvalue weighted by molar-refractivity contribution is 5.21. The van der Waals surface area contributed by atoms with E-state index in [1.54, 1.807) is 0 Å². The zero-order chi connectivity index (χ0) is 14.4. The number of hydrogen-bond donors (Lipinski definition) is 1. The third kappa shape index (κ3) is 4.42. The first-order valence-electron chi connectivity index (χ1n) is 6.88. The van der Waals surface area contributed by atoms with E-state index in [2.05, 4.69) is 17.4 Å². The number of nitrogens with one attached hydrogen (secondary N) is 1. The van der Waals surface area contributed by atoms with Crippen molar-refractivity contribution < 1.29 is 8.78 Å². The van der Waals surface area contributed by atoms with Gasteiger partial charge in [0.25, 0.3) is 0 Å². The van der Waals surface area contributed by atoms with Gasteiger partial charge in [-0.25, -0.2) is 8.78 Å². The van der Waals surface area contributed by atoms with E-state index in [0.717, 1.165) is 25.5 Å². The Morgan fingerprint density at radius 2 is 1.65 bits per heavy atom. The molecule has 3 heteroatoms. The molecule has 0 radical (unpaired) electrons. The molecule has 2 aromatic carbocycles. The summed E-state index contributed by atoms with van der Waals surface area (Å²) in [4.78, 5) is 0. The SMILES string of the molecule is CC(NCCCc1ccccc1)c1cc(F)cc(F)c1. The van der Waals surface area contributed by atoms with Crippen molar-refractivity contribution in [2.75, 3.05) is 6.54 Å². The van der Waals surface area contributed by atoms with Crippen LogP contribution in [0.1, 0.15) is 30.5 Å². The molecule has 106 valence electrons. The molecule has 0 aliphatic carbocycles. The van der Waals surface area contributed by atoms with Crippen molar-refractivity contribution in [2.45, 2.75) is 25.8 Å². The molecule has 0 spiro atoms. The van der Waals surface area contributed by atoms with Gasteiger partial charge in [-0.1, -0.05) is 30.3 Å². The van der Waals surface area contributed by atoms with Crippen molar-refractivity contribution in [3.63, 3.8) is 0 Å². The number of halogens is 2. The van der Waals surface area contributed by atoms with Crippen molar-refractivity contribution in [2.24, 2.45) is 0 Å². The van der Waals surface area contributed by atoms with Crippen LogP contribution >= 0.6 is 0 Å². The Morgan fingerprint density at radius 3 is 2.30 bits per heavy atom. The summed E-state index contributed by atoms with van der Waals surface area (Å²) in [5.41, 5.74) is 1.95. The Bertz CT molecular complexity index is 520. The van der Waals surface area contributed by atoms with E-state index < -0.39 is 11.6 Å². The average molecular weight is 275 g/mol. The molecule has 1 nitrogen and oxygen atoms in total. The zero-order valence-corrected chi connectivity index (χ0v) is 11.6. The summed E-state index contributed by atoms with van der Waals surface area (Å²) < 4.78 is 26.3. The van der Waals surface area contributed by atoms with Crippen LogP contribution in [-0.4, -0.2) is 6.54 Å². The summed E-state index contributed by atoms with van der Waals surface area (Å²) in [7, 11) is 0. The molecular formula is C17H19F2N. The van der Waals surface area contributed by atoms with Gasteiger partial charge in [-0.05, 0) is 49.6 Å². The topological polar surface area (TPSA) is 12.0 Å². The molecule has 0 aliphatic heterocycles. The van der Waals surface area contributed by atoms with Crippen LogP contribution in [0.15, 0.2) is 48.5 Å².